The van der Waals surface area contributed by atoms with Crippen LogP contribution in [0.5, 0.6) is 11.5 Å². The number of carboxylic acids is 1. The van der Waals surface area contributed by atoms with Gasteiger partial charge in [0.05, 0.1) is 20.6 Å². The molecule has 3 rings (SSSR count). The summed E-state index contributed by atoms with van der Waals surface area (Å²) in [5.74, 6) is -0.434. The third-order valence-corrected chi connectivity index (χ3v) is 4.93. The summed E-state index contributed by atoms with van der Waals surface area (Å²) in [6.45, 7) is 1.84. The van der Waals surface area contributed by atoms with Crippen LogP contribution in [0.4, 0.5) is 4.39 Å². The molecule has 1 aliphatic rings. The number of hydrogen-bond donors (Lipinski definition) is 1. The van der Waals surface area contributed by atoms with Gasteiger partial charge in [-0.3, -0.25) is 4.79 Å². The van der Waals surface area contributed by atoms with E-state index in [1.807, 2.05) is 13.0 Å². The molecule has 0 saturated carbocycles. The van der Waals surface area contributed by atoms with Gasteiger partial charge in [0.25, 0.3) is 0 Å². The summed E-state index contributed by atoms with van der Waals surface area (Å²) in [5, 5.41) is 9.60. The zero-order valence-corrected chi connectivity index (χ0v) is 15.9. The highest BCUT2D eigenvalue weighted by molar-refractivity contribution is 6.33. The van der Waals surface area contributed by atoms with E-state index < -0.39 is 11.8 Å². The van der Waals surface area contributed by atoms with E-state index in [0.29, 0.717) is 27.7 Å². The molecule has 0 spiro atoms. The first kappa shape index (κ1) is 19.0. The van der Waals surface area contributed by atoms with E-state index in [1.54, 1.807) is 18.2 Å². The van der Waals surface area contributed by atoms with Crippen molar-refractivity contribution in [3.8, 4) is 11.5 Å². The van der Waals surface area contributed by atoms with Crippen molar-refractivity contribution in [3.63, 3.8) is 0 Å². The van der Waals surface area contributed by atoms with Crippen LogP contribution in [0.25, 0.3) is 17.2 Å². The molecule has 1 aliphatic carbocycles. The molecule has 4 nitrogen and oxygen atoms in total. The number of allylic oxidation sites excluding steroid dienone is 2. The molecule has 6 heteroatoms. The molecule has 0 aliphatic heterocycles. The lowest BCUT2D eigenvalue weighted by Crippen LogP contribution is -1.97. The zero-order valence-electron chi connectivity index (χ0n) is 15.1. The molecule has 2 aromatic rings. The molecule has 0 atom stereocenters. The molecule has 2 aromatic carbocycles. The lowest BCUT2D eigenvalue weighted by Gasteiger charge is -2.11. The first-order chi connectivity index (χ1) is 12.8. The molecule has 0 fully saturated rings. The zero-order chi connectivity index (χ0) is 19.7. The highest BCUT2D eigenvalue weighted by Gasteiger charge is 2.25. The first-order valence-electron chi connectivity index (χ1n) is 8.21. The molecular weight excluding hydrogens is 371 g/mol. The highest BCUT2D eigenvalue weighted by atomic mass is 35.5. The van der Waals surface area contributed by atoms with Gasteiger partial charge >= 0.3 is 5.97 Å². The number of carboxylic acid groups (broad SMARTS) is 1. The summed E-state index contributed by atoms with van der Waals surface area (Å²) in [4.78, 5) is 11.3. The van der Waals surface area contributed by atoms with Crippen LogP contribution in [0.2, 0.25) is 5.02 Å². The lowest BCUT2D eigenvalue weighted by atomic mass is 10.0. The van der Waals surface area contributed by atoms with Crippen molar-refractivity contribution in [3.05, 3.63) is 63.4 Å². The van der Waals surface area contributed by atoms with Crippen LogP contribution in [0.1, 0.15) is 30.0 Å². The Morgan fingerprint density at radius 2 is 1.78 bits per heavy atom. The van der Waals surface area contributed by atoms with E-state index in [0.717, 1.165) is 22.3 Å². The second-order valence-corrected chi connectivity index (χ2v) is 6.54. The van der Waals surface area contributed by atoms with Crippen molar-refractivity contribution in [1.29, 1.82) is 0 Å². The number of carbonyl (C=O) groups is 1. The normalized spacial score (nSPS) is 14.5. The van der Waals surface area contributed by atoms with Gasteiger partial charge in [-0.15, -0.1) is 0 Å². The van der Waals surface area contributed by atoms with E-state index in [2.05, 4.69) is 0 Å². The number of benzene rings is 2. The number of ether oxygens (including phenoxy) is 2. The monoisotopic (exact) mass is 388 g/mol. The minimum Gasteiger partial charge on any atom is -0.495 e. The van der Waals surface area contributed by atoms with Crippen LogP contribution >= 0.6 is 11.6 Å². The maximum atomic E-state index is 13.8. The van der Waals surface area contributed by atoms with Crippen molar-refractivity contribution in [2.45, 2.75) is 13.3 Å². The Morgan fingerprint density at radius 3 is 2.33 bits per heavy atom. The van der Waals surface area contributed by atoms with Crippen LogP contribution in [-0.4, -0.2) is 25.3 Å². The van der Waals surface area contributed by atoms with Crippen LogP contribution < -0.4 is 9.47 Å². The predicted molar refractivity (Wildman–Crippen MR) is 104 cm³/mol. The summed E-state index contributed by atoms with van der Waals surface area (Å²) in [6, 6.07) is 7.94. The van der Waals surface area contributed by atoms with E-state index in [4.69, 9.17) is 21.1 Å². The maximum absolute atomic E-state index is 13.8. The molecule has 0 amide bonds. The highest BCUT2D eigenvalue weighted by Crippen LogP contribution is 2.44. The molecule has 0 saturated heterocycles. The molecule has 0 aromatic heterocycles. The van der Waals surface area contributed by atoms with Gasteiger partial charge in [0, 0.05) is 0 Å². The van der Waals surface area contributed by atoms with Crippen LogP contribution in [0.15, 0.2) is 35.9 Å². The second-order valence-electron chi connectivity index (χ2n) is 6.16. The summed E-state index contributed by atoms with van der Waals surface area (Å²) < 4.78 is 24.4. The summed E-state index contributed by atoms with van der Waals surface area (Å²) in [7, 11) is 3.03. The summed E-state index contributed by atoms with van der Waals surface area (Å²) in [5.41, 5.74) is 4.40. The molecule has 140 valence electrons. The fourth-order valence-corrected chi connectivity index (χ4v) is 3.54. The van der Waals surface area contributed by atoms with Crippen molar-refractivity contribution < 1.29 is 23.8 Å². The average molecular weight is 389 g/mol. The smallest absolute Gasteiger partial charge is 0.307 e. The third kappa shape index (κ3) is 3.55. The minimum atomic E-state index is -0.962. The number of rotatable bonds is 5. The topological polar surface area (TPSA) is 55.8 Å². The van der Waals surface area contributed by atoms with Gasteiger partial charge in [0.15, 0.2) is 0 Å². The van der Waals surface area contributed by atoms with E-state index in [1.165, 1.54) is 26.4 Å². The van der Waals surface area contributed by atoms with Gasteiger partial charge < -0.3 is 14.6 Å². The van der Waals surface area contributed by atoms with Crippen molar-refractivity contribution in [2.75, 3.05) is 14.2 Å². The van der Waals surface area contributed by atoms with Gasteiger partial charge in [-0.1, -0.05) is 17.7 Å². The largest absolute Gasteiger partial charge is 0.495 e. The number of methoxy groups -OCH3 is 2. The Labute approximate surface area is 161 Å². The Bertz CT molecular complexity index is 967. The Kier molecular flexibility index (Phi) is 5.24. The van der Waals surface area contributed by atoms with E-state index in [-0.39, 0.29) is 6.42 Å². The van der Waals surface area contributed by atoms with Crippen molar-refractivity contribution >= 4 is 34.8 Å². The third-order valence-electron chi connectivity index (χ3n) is 4.56. The molecular formula is C21H18ClFO4. The number of aliphatic carboxylic acids is 1. The Balaban J connectivity index is 2.19. The number of halogens is 2. The van der Waals surface area contributed by atoms with Gasteiger partial charge in [-0.2, -0.15) is 0 Å². The molecule has 27 heavy (non-hydrogen) atoms. The maximum Gasteiger partial charge on any atom is 0.307 e. The van der Waals surface area contributed by atoms with Crippen LogP contribution in [-0.2, 0) is 4.79 Å². The molecule has 0 unspecified atom stereocenters. The number of fused-ring (bicyclic) bond motifs is 1. The second kappa shape index (κ2) is 7.45. The molecule has 0 heterocycles. The SMILES string of the molecule is COc1cc(/C=C2/C(C)=C(CC(=O)O)c3cc(F)ccc32)cc(OC)c1Cl. The first-order valence-corrected chi connectivity index (χ1v) is 8.59. The minimum absolute atomic E-state index is 0.174. The fraction of sp³-hybridized carbons (Fsp3) is 0.190. The number of hydrogen-bond acceptors (Lipinski definition) is 3. The summed E-state index contributed by atoms with van der Waals surface area (Å²) >= 11 is 6.22. The Hall–Kier alpha value is -2.79. The van der Waals surface area contributed by atoms with Gasteiger partial charge in [-0.05, 0) is 70.7 Å². The molecule has 1 N–H and O–H groups in total. The van der Waals surface area contributed by atoms with Crippen molar-refractivity contribution in [2.24, 2.45) is 0 Å². The van der Waals surface area contributed by atoms with E-state index in [9.17, 15) is 14.3 Å². The van der Waals surface area contributed by atoms with Crippen LogP contribution in [0, 0.1) is 5.82 Å². The van der Waals surface area contributed by atoms with Crippen molar-refractivity contribution in [1.82, 2.24) is 0 Å². The van der Waals surface area contributed by atoms with Gasteiger partial charge in [-0.25, -0.2) is 4.39 Å². The average Bonchev–Trinajstić information content (AvgIpc) is 2.87. The quantitative estimate of drug-likeness (QED) is 0.755. The van der Waals surface area contributed by atoms with Gasteiger partial charge in [0.1, 0.15) is 22.3 Å². The predicted octanol–water partition coefficient (Wildman–Crippen LogP) is 5.30. The summed E-state index contributed by atoms with van der Waals surface area (Å²) in [6.07, 6.45) is 1.72. The van der Waals surface area contributed by atoms with Gasteiger partial charge in [0.2, 0.25) is 0 Å². The fourth-order valence-electron chi connectivity index (χ4n) is 3.27. The van der Waals surface area contributed by atoms with Crippen LogP contribution in [0.3, 0.4) is 0 Å². The van der Waals surface area contributed by atoms with E-state index >= 15 is 0 Å². The Morgan fingerprint density at radius 1 is 1.15 bits per heavy atom. The molecule has 0 radical (unpaired) electrons. The standard InChI is InChI=1S/C21H18ClFO4/c1-11-15(6-12-7-18(26-2)21(22)19(8-12)27-3)14-5-4-13(23)9-17(14)16(11)10-20(24)25/h4-9H,10H2,1-3H3,(H,24,25)/b15-6-. The lowest BCUT2D eigenvalue weighted by molar-refractivity contribution is -0.135. The molecule has 0 bridgehead atoms.